The summed E-state index contributed by atoms with van der Waals surface area (Å²) >= 11 is 1.50. The summed E-state index contributed by atoms with van der Waals surface area (Å²) in [5.74, 6) is -1.54. The average Bonchev–Trinajstić information content (AvgIpc) is 3.30. The van der Waals surface area contributed by atoms with Gasteiger partial charge in [0.05, 0.1) is 21.6 Å². The fourth-order valence-corrected chi connectivity index (χ4v) is 5.50. The van der Waals surface area contributed by atoms with E-state index in [0.717, 1.165) is 15.8 Å². The number of carbonyl (C=O) groups excluding carboxylic acids is 1. The maximum atomic E-state index is 13.6. The quantitative estimate of drug-likeness (QED) is 0.293. The first kappa shape index (κ1) is 19.2. The van der Waals surface area contributed by atoms with Crippen molar-refractivity contribution in [3.63, 3.8) is 0 Å². The molecule has 7 heteroatoms. The zero-order chi connectivity index (χ0) is 22.0. The van der Waals surface area contributed by atoms with Crippen LogP contribution in [0.2, 0.25) is 0 Å². The summed E-state index contributed by atoms with van der Waals surface area (Å²) in [5.41, 5.74) is 4.29. The highest BCUT2D eigenvalue weighted by molar-refractivity contribution is 7.23. The number of hydrogen-bond donors (Lipinski definition) is 1. The summed E-state index contributed by atoms with van der Waals surface area (Å²) in [5, 5.41) is 11.3. The second kappa shape index (κ2) is 6.98. The molecule has 5 aromatic rings. The Bertz CT molecular complexity index is 1520. The van der Waals surface area contributed by atoms with Crippen LogP contribution < -0.4 is 4.74 Å². The number of fused-ring (bicyclic) bond motifs is 4. The van der Waals surface area contributed by atoms with E-state index in [4.69, 9.17) is 9.72 Å². The minimum Gasteiger partial charge on any atom is -0.426 e. The second-order valence-corrected chi connectivity index (χ2v) is 8.93. The van der Waals surface area contributed by atoms with Gasteiger partial charge in [-0.15, -0.1) is 0 Å². The van der Waals surface area contributed by atoms with Crippen molar-refractivity contribution in [3.8, 4) is 17.0 Å². The maximum Gasteiger partial charge on any atom is 0.323 e. The van der Waals surface area contributed by atoms with Crippen LogP contribution in [0.5, 0.6) is 5.75 Å². The predicted octanol–water partition coefficient (Wildman–Crippen LogP) is 5.40. The number of ether oxygens (including phenoxy) is 1. The van der Waals surface area contributed by atoms with Crippen LogP contribution in [0.4, 0.5) is 4.39 Å². The number of benzene rings is 3. The molecule has 3 aromatic carbocycles. The number of rotatable bonds is 2. The molecule has 158 valence electrons. The van der Waals surface area contributed by atoms with Gasteiger partial charge in [0, 0.05) is 11.1 Å². The van der Waals surface area contributed by atoms with Gasteiger partial charge in [0.1, 0.15) is 23.6 Å². The lowest BCUT2D eigenvalue weighted by molar-refractivity contribution is -0.141. The average molecular weight is 444 g/mol. The van der Waals surface area contributed by atoms with Crippen molar-refractivity contribution in [2.24, 2.45) is 0 Å². The van der Waals surface area contributed by atoms with Gasteiger partial charge in [0.15, 0.2) is 4.96 Å². The molecule has 0 aliphatic carbocycles. The molecule has 1 aliphatic heterocycles. The third-order valence-corrected chi connectivity index (χ3v) is 6.87. The Labute approximate surface area is 186 Å². The predicted molar refractivity (Wildman–Crippen MR) is 120 cm³/mol. The van der Waals surface area contributed by atoms with E-state index in [1.54, 1.807) is 36.4 Å². The van der Waals surface area contributed by atoms with Gasteiger partial charge in [-0.1, -0.05) is 35.6 Å². The van der Waals surface area contributed by atoms with Gasteiger partial charge in [0.25, 0.3) is 0 Å². The third-order valence-electron chi connectivity index (χ3n) is 5.87. The van der Waals surface area contributed by atoms with Gasteiger partial charge in [-0.05, 0) is 55.0 Å². The summed E-state index contributed by atoms with van der Waals surface area (Å²) in [6, 6.07) is 19.0. The molecule has 0 radical (unpaired) electrons. The van der Waals surface area contributed by atoms with Crippen molar-refractivity contribution in [1.82, 2.24) is 9.38 Å². The molecular weight excluding hydrogens is 427 g/mol. The number of aliphatic hydroxyl groups is 1. The molecule has 0 spiro atoms. The summed E-state index contributed by atoms with van der Waals surface area (Å²) < 4.78 is 22.2. The smallest absolute Gasteiger partial charge is 0.323 e. The van der Waals surface area contributed by atoms with Crippen molar-refractivity contribution in [1.29, 1.82) is 0 Å². The molecule has 3 heterocycles. The van der Waals surface area contributed by atoms with Crippen LogP contribution in [-0.2, 0) is 4.79 Å². The Morgan fingerprint density at radius 3 is 2.69 bits per heavy atom. The number of hydrogen-bond acceptors (Lipinski definition) is 5. The molecule has 32 heavy (non-hydrogen) atoms. The van der Waals surface area contributed by atoms with E-state index < -0.39 is 18.0 Å². The molecule has 0 fully saturated rings. The fourth-order valence-electron chi connectivity index (χ4n) is 4.37. The molecule has 0 amide bonds. The van der Waals surface area contributed by atoms with Crippen LogP contribution in [0, 0.1) is 12.7 Å². The van der Waals surface area contributed by atoms with Gasteiger partial charge in [0.2, 0.25) is 0 Å². The van der Waals surface area contributed by atoms with E-state index in [2.05, 4.69) is 6.07 Å². The zero-order valence-corrected chi connectivity index (χ0v) is 17.8. The summed E-state index contributed by atoms with van der Waals surface area (Å²) in [6.45, 7) is 2.02. The van der Waals surface area contributed by atoms with Gasteiger partial charge < -0.3 is 9.84 Å². The summed E-state index contributed by atoms with van der Waals surface area (Å²) in [4.78, 5) is 18.7. The molecule has 6 rings (SSSR count). The first-order valence-electron chi connectivity index (χ1n) is 10.2. The molecule has 1 N–H and O–H groups in total. The van der Waals surface area contributed by atoms with Crippen molar-refractivity contribution in [2.75, 3.05) is 0 Å². The maximum absolute atomic E-state index is 13.6. The first-order chi connectivity index (χ1) is 15.5. The molecule has 0 bridgehead atoms. The van der Waals surface area contributed by atoms with Gasteiger partial charge in [-0.3, -0.25) is 9.20 Å². The van der Waals surface area contributed by atoms with Crippen LogP contribution in [-0.4, -0.2) is 20.5 Å². The monoisotopic (exact) mass is 444 g/mol. The lowest BCUT2D eigenvalue weighted by Crippen LogP contribution is -2.31. The Morgan fingerprint density at radius 1 is 1.09 bits per heavy atom. The van der Waals surface area contributed by atoms with E-state index in [0.29, 0.717) is 33.2 Å². The lowest BCUT2D eigenvalue weighted by Gasteiger charge is -2.28. The molecule has 5 nitrogen and oxygen atoms in total. The summed E-state index contributed by atoms with van der Waals surface area (Å²) in [6.07, 6.45) is -1.10. The number of aliphatic hydroxyl groups excluding tert-OH is 1. The standard InChI is InChI=1S/C25H17FN2O3S/c1-13-6-11-17-19(12-13)32-25-27-21(14-7-9-15(26)10-8-14)22(28(17)25)20-23(29)16-4-2-3-5-18(16)31-24(20)30/h2-12,20,23,29H,1H3. The Balaban J connectivity index is 1.66. The van der Waals surface area contributed by atoms with Crippen molar-refractivity contribution in [3.05, 3.63) is 89.4 Å². The third kappa shape index (κ3) is 2.78. The van der Waals surface area contributed by atoms with Crippen LogP contribution in [0.25, 0.3) is 26.4 Å². The highest BCUT2D eigenvalue weighted by Gasteiger charge is 2.42. The van der Waals surface area contributed by atoms with Gasteiger partial charge in [-0.2, -0.15) is 0 Å². The number of imidazole rings is 1. The zero-order valence-electron chi connectivity index (χ0n) is 16.9. The highest BCUT2D eigenvalue weighted by atomic mass is 32.1. The number of aryl methyl sites for hydroxylation is 1. The van der Waals surface area contributed by atoms with E-state index in [1.807, 2.05) is 23.5 Å². The highest BCUT2D eigenvalue weighted by Crippen LogP contribution is 2.45. The normalized spacial score (nSPS) is 18.2. The van der Waals surface area contributed by atoms with E-state index >= 15 is 0 Å². The van der Waals surface area contributed by atoms with Crippen LogP contribution in [0.3, 0.4) is 0 Å². The number of nitrogens with zero attached hydrogens (tertiary/aromatic N) is 2. The number of halogens is 1. The molecular formula is C25H17FN2O3S. The van der Waals surface area contributed by atoms with Crippen LogP contribution >= 0.6 is 11.3 Å². The number of carbonyl (C=O) groups is 1. The number of thiazole rings is 1. The largest absolute Gasteiger partial charge is 0.426 e. The van der Waals surface area contributed by atoms with Gasteiger partial charge >= 0.3 is 5.97 Å². The Morgan fingerprint density at radius 2 is 1.88 bits per heavy atom. The first-order valence-corrected chi connectivity index (χ1v) is 11.0. The van der Waals surface area contributed by atoms with E-state index in [1.165, 1.54) is 23.5 Å². The minimum absolute atomic E-state index is 0.358. The van der Waals surface area contributed by atoms with Crippen LogP contribution in [0.15, 0.2) is 66.7 Å². The number of para-hydroxylation sites is 1. The molecule has 2 aromatic heterocycles. The topological polar surface area (TPSA) is 63.8 Å². The fraction of sp³-hybridized carbons (Fsp3) is 0.120. The molecule has 1 aliphatic rings. The molecule has 2 atom stereocenters. The lowest BCUT2D eigenvalue weighted by atomic mass is 9.88. The summed E-state index contributed by atoms with van der Waals surface area (Å²) in [7, 11) is 0. The minimum atomic E-state index is -1.10. The van der Waals surface area contributed by atoms with Crippen molar-refractivity contribution in [2.45, 2.75) is 18.9 Å². The second-order valence-electron chi connectivity index (χ2n) is 7.93. The van der Waals surface area contributed by atoms with Crippen molar-refractivity contribution >= 4 is 32.5 Å². The Hall–Kier alpha value is -3.55. The van der Waals surface area contributed by atoms with E-state index in [-0.39, 0.29) is 5.82 Å². The van der Waals surface area contributed by atoms with Crippen LogP contribution in [0.1, 0.15) is 28.8 Å². The number of aromatic nitrogens is 2. The number of esters is 1. The molecule has 2 unspecified atom stereocenters. The van der Waals surface area contributed by atoms with Crippen molar-refractivity contribution < 1.29 is 19.0 Å². The van der Waals surface area contributed by atoms with E-state index in [9.17, 15) is 14.3 Å². The molecule has 0 saturated heterocycles. The molecule has 0 saturated carbocycles. The SMILES string of the molecule is Cc1ccc2c(c1)sc1nc(-c3ccc(F)cc3)c(C3C(=O)Oc4ccccc4C3O)n12. The van der Waals surface area contributed by atoms with Gasteiger partial charge in [-0.25, -0.2) is 9.37 Å². The Kier molecular flexibility index (Phi) is 4.18.